The molecule has 2 rings (SSSR count). The number of rotatable bonds is 1. The van der Waals surface area contributed by atoms with Gasteiger partial charge in [-0.05, 0) is 36.5 Å². The lowest BCUT2D eigenvalue weighted by atomic mass is 9.68. The first-order valence-corrected chi connectivity index (χ1v) is 8.27. The molecular weight excluding hydrogens is 204 g/mol. The van der Waals surface area contributed by atoms with Crippen LogP contribution in [-0.2, 0) is 0 Å². The molecule has 0 aromatic carbocycles. The van der Waals surface area contributed by atoms with E-state index in [9.17, 15) is 0 Å². The van der Waals surface area contributed by atoms with Crippen LogP contribution in [0.2, 0.25) is 0 Å². The maximum atomic E-state index is 2.53. The summed E-state index contributed by atoms with van der Waals surface area (Å²) in [5.74, 6) is 4.15. The van der Waals surface area contributed by atoms with Gasteiger partial charge in [0.1, 0.15) is 0 Å². The van der Waals surface area contributed by atoms with Gasteiger partial charge in [0.15, 0.2) is 0 Å². The van der Waals surface area contributed by atoms with Gasteiger partial charge in [-0.1, -0.05) is 71.6 Å². The minimum atomic E-state index is 0.998. The molecular formula is C17H32. The second-order valence-electron chi connectivity index (χ2n) is 7.02. The third-order valence-electron chi connectivity index (χ3n) is 5.50. The van der Waals surface area contributed by atoms with Gasteiger partial charge >= 0.3 is 0 Å². The van der Waals surface area contributed by atoms with E-state index in [2.05, 4.69) is 13.8 Å². The van der Waals surface area contributed by atoms with E-state index in [1.165, 1.54) is 57.8 Å². The fourth-order valence-electron chi connectivity index (χ4n) is 4.48. The molecule has 100 valence electrons. The molecule has 0 N–H and O–H groups in total. The molecule has 3 atom stereocenters. The van der Waals surface area contributed by atoms with Crippen LogP contribution in [0.1, 0.15) is 84.5 Å². The fraction of sp³-hybridized carbons (Fsp3) is 1.00. The Balaban J connectivity index is 1.88. The van der Waals surface area contributed by atoms with Crippen molar-refractivity contribution in [1.82, 2.24) is 0 Å². The van der Waals surface area contributed by atoms with Crippen molar-refractivity contribution in [3.8, 4) is 0 Å². The van der Waals surface area contributed by atoms with Crippen LogP contribution < -0.4 is 0 Å². The van der Waals surface area contributed by atoms with Crippen LogP contribution in [0.25, 0.3) is 0 Å². The molecule has 0 saturated heterocycles. The molecule has 3 unspecified atom stereocenters. The summed E-state index contributed by atoms with van der Waals surface area (Å²) in [7, 11) is 0. The zero-order valence-corrected chi connectivity index (χ0v) is 12.1. The molecule has 2 fully saturated rings. The molecule has 0 heterocycles. The Labute approximate surface area is 109 Å². The van der Waals surface area contributed by atoms with E-state index in [4.69, 9.17) is 0 Å². The second-order valence-corrected chi connectivity index (χ2v) is 7.02. The Morgan fingerprint density at radius 2 is 1.24 bits per heavy atom. The summed E-state index contributed by atoms with van der Waals surface area (Å²) in [4.78, 5) is 0. The highest BCUT2D eigenvalue weighted by Crippen LogP contribution is 2.41. The lowest BCUT2D eigenvalue weighted by Crippen LogP contribution is -2.28. The van der Waals surface area contributed by atoms with Crippen molar-refractivity contribution < 1.29 is 0 Å². The van der Waals surface area contributed by atoms with Crippen LogP contribution >= 0.6 is 0 Å². The minimum Gasteiger partial charge on any atom is -0.0625 e. The molecule has 0 heteroatoms. The van der Waals surface area contributed by atoms with E-state index in [1.54, 1.807) is 12.8 Å². The molecule has 2 saturated carbocycles. The quantitative estimate of drug-likeness (QED) is 0.539. The molecule has 2 aliphatic carbocycles. The Bertz CT molecular complexity index is 198. The lowest BCUT2D eigenvalue weighted by Gasteiger charge is -2.38. The zero-order chi connectivity index (χ0) is 12.1. The standard InChI is InChI=1S/C17H32/c1-14-11-12-17(15(2)13-14)16-9-7-5-3-4-6-8-10-16/h14-17H,3-13H2,1-2H3. The first-order chi connectivity index (χ1) is 8.27. The van der Waals surface area contributed by atoms with Crippen molar-refractivity contribution in [2.45, 2.75) is 84.5 Å². The van der Waals surface area contributed by atoms with Crippen molar-refractivity contribution in [1.29, 1.82) is 0 Å². The Kier molecular flexibility index (Phi) is 5.38. The molecule has 0 spiro atoms. The summed E-state index contributed by atoms with van der Waals surface area (Å²) in [6.45, 7) is 4.99. The van der Waals surface area contributed by atoms with Crippen LogP contribution in [0.3, 0.4) is 0 Å². The largest absolute Gasteiger partial charge is 0.0625 e. The molecule has 0 amide bonds. The monoisotopic (exact) mass is 236 g/mol. The van der Waals surface area contributed by atoms with E-state index < -0.39 is 0 Å². The van der Waals surface area contributed by atoms with E-state index in [1.807, 2.05) is 0 Å². The Morgan fingerprint density at radius 1 is 0.647 bits per heavy atom. The molecule has 0 aromatic rings. The summed E-state index contributed by atoms with van der Waals surface area (Å²) in [5, 5.41) is 0. The average Bonchev–Trinajstić information content (AvgIpc) is 2.42. The van der Waals surface area contributed by atoms with Gasteiger partial charge in [-0.2, -0.15) is 0 Å². The number of hydrogen-bond acceptors (Lipinski definition) is 0. The first-order valence-electron chi connectivity index (χ1n) is 8.27. The number of hydrogen-bond donors (Lipinski definition) is 0. The molecule has 17 heavy (non-hydrogen) atoms. The smallest absolute Gasteiger partial charge is 0.0360 e. The predicted octanol–water partition coefficient (Wildman–Crippen LogP) is 5.81. The van der Waals surface area contributed by atoms with Crippen LogP contribution in [0.15, 0.2) is 0 Å². The van der Waals surface area contributed by atoms with Crippen LogP contribution in [0, 0.1) is 23.7 Å². The normalized spacial score (nSPS) is 38.1. The fourth-order valence-corrected chi connectivity index (χ4v) is 4.48. The molecule has 0 nitrogen and oxygen atoms in total. The summed E-state index contributed by atoms with van der Waals surface area (Å²) < 4.78 is 0. The molecule has 0 aliphatic heterocycles. The maximum absolute atomic E-state index is 2.53. The van der Waals surface area contributed by atoms with Crippen molar-refractivity contribution in [2.24, 2.45) is 23.7 Å². The van der Waals surface area contributed by atoms with Crippen LogP contribution in [-0.4, -0.2) is 0 Å². The van der Waals surface area contributed by atoms with Crippen molar-refractivity contribution in [3.63, 3.8) is 0 Å². The minimum absolute atomic E-state index is 0.998. The van der Waals surface area contributed by atoms with Crippen molar-refractivity contribution >= 4 is 0 Å². The average molecular weight is 236 g/mol. The van der Waals surface area contributed by atoms with Gasteiger partial charge < -0.3 is 0 Å². The van der Waals surface area contributed by atoms with Crippen molar-refractivity contribution in [2.75, 3.05) is 0 Å². The molecule has 0 bridgehead atoms. The molecule has 0 radical (unpaired) electrons. The second kappa shape index (κ2) is 6.81. The van der Waals surface area contributed by atoms with E-state index in [0.29, 0.717) is 0 Å². The topological polar surface area (TPSA) is 0 Å². The third-order valence-corrected chi connectivity index (χ3v) is 5.50. The van der Waals surface area contributed by atoms with Gasteiger partial charge in [-0.25, -0.2) is 0 Å². The predicted molar refractivity (Wildman–Crippen MR) is 76.1 cm³/mol. The Morgan fingerprint density at radius 3 is 1.82 bits per heavy atom. The zero-order valence-electron chi connectivity index (χ0n) is 12.1. The third kappa shape index (κ3) is 4.00. The highest BCUT2D eigenvalue weighted by atomic mass is 14.4. The highest BCUT2D eigenvalue weighted by molar-refractivity contribution is 4.81. The summed E-state index contributed by atoms with van der Waals surface area (Å²) in [6, 6.07) is 0. The van der Waals surface area contributed by atoms with Gasteiger partial charge in [-0.15, -0.1) is 0 Å². The first kappa shape index (κ1) is 13.4. The summed E-state index contributed by atoms with van der Waals surface area (Å²) in [6.07, 6.45) is 16.7. The summed E-state index contributed by atoms with van der Waals surface area (Å²) in [5.41, 5.74) is 0. The molecule has 0 aromatic heterocycles. The van der Waals surface area contributed by atoms with Crippen molar-refractivity contribution in [3.05, 3.63) is 0 Å². The molecule has 2 aliphatic rings. The SMILES string of the molecule is CC1CCC(C2CCCCCCCC2)C(C)C1. The lowest BCUT2D eigenvalue weighted by molar-refractivity contribution is 0.126. The maximum Gasteiger partial charge on any atom is -0.0360 e. The van der Waals surface area contributed by atoms with Gasteiger partial charge in [-0.3, -0.25) is 0 Å². The van der Waals surface area contributed by atoms with Crippen LogP contribution in [0.5, 0.6) is 0 Å². The summed E-state index contributed by atoms with van der Waals surface area (Å²) >= 11 is 0. The van der Waals surface area contributed by atoms with E-state index in [-0.39, 0.29) is 0 Å². The van der Waals surface area contributed by atoms with Gasteiger partial charge in [0.05, 0.1) is 0 Å². The van der Waals surface area contributed by atoms with Gasteiger partial charge in [0, 0.05) is 0 Å². The Hall–Kier alpha value is 0. The van der Waals surface area contributed by atoms with Gasteiger partial charge in [0.2, 0.25) is 0 Å². The van der Waals surface area contributed by atoms with E-state index in [0.717, 1.165) is 23.7 Å². The van der Waals surface area contributed by atoms with Gasteiger partial charge in [0.25, 0.3) is 0 Å². The van der Waals surface area contributed by atoms with Crippen LogP contribution in [0.4, 0.5) is 0 Å². The van der Waals surface area contributed by atoms with E-state index >= 15 is 0 Å². The highest BCUT2D eigenvalue weighted by Gasteiger charge is 2.31.